The molecule has 0 aliphatic rings. The van der Waals surface area contributed by atoms with Crippen LogP contribution in [0.25, 0.3) is 44.3 Å². The number of rotatable bonds is 6. The van der Waals surface area contributed by atoms with E-state index in [1.54, 1.807) is 42.9 Å². The Hall–Kier alpha value is -4.17. The smallest absolute Gasteiger partial charge is 0.251 e. The van der Waals surface area contributed by atoms with Gasteiger partial charge >= 0.3 is 0 Å². The fourth-order valence-electron chi connectivity index (χ4n) is 3.97. The van der Waals surface area contributed by atoms with Crippen LogP contribution in [0.2, 0.25) is 0 Å². The first-order valence-electron chi connectivity index (χ1n) is 10.9. The van der Waals surface area contributed by atoms with Crippen molar-refractivity contribution >= 4 is 27.8 Å². The number of likely N-dealkylation sites (N-methyl/N-ethyl adjacent to an activating group) is 1. The van der Waals surface area contributed by atoms with Crippen molar-refractivity contribution in [2.75, 3.05) is 27.2 Å². The number of aromatic nitrogens is 4. The number of pyridine rings is 3. The zero-order chi connectivity index (χ0) is 23.7. The molecule has 34 heavy (non-hydrogen) atoms. The third kappa shape index (κ3) is 4.11. The Kier molecular flexibility index (Phi) is 5.73. The van der Waals surface area contributed by atoms with Gasteiger partial charge in [-0.25, -0.2) is 9.37 Å². The highest BCUT2D eigenvalue weighted by Gasteiger charge is 2.18. The minimum atomic E-state index is -0.434. The van der Waals surface area contributed by atoms with Crippen molar-refractivity contribution in [3.05, 3.63) is 78.6 Å². The molecule has 0 radical (unpaired) electrons. The van der Waals surface area contributed by atoms with E-state index in [1.807, 2.05) is 37.2 Å². The summed E-state index contributed by atoms with van der Waals surface area (Å²) in [6.07, 6.45) is 6.38. The van der Waals surface area contributed by atoms with Crippen LogP contribution < -0.4 is 5.32 Å². The Balaban J connectivity index is 1.56. The number of aromatic amines is 1. The molecule has 1 amide bonds. The Bertz CT molecular complexity index is 1480. The Labute approximate surface area is 195 Å². The van der Waals surface area contributed by atoms with Crippen LogP contribution in [-0.2, 0) is 0 Å². The number of carbonyl (C=O) groups excluding carboxylic acids is 1. The van der Waals surface area contributed by atoms with Crippen molar-refractivity contribution in [3.63, 3.8) is 0 Å². The van der Waals surface area contributed by atoms with Crippen molar-refractivity contribution in [3.8, 4) is 22.4 Å². The van der Waals surface area contributed by atoms with Crippen molar-refractivity contribution in [2.24, 2.45) is 0 Å². The summed E-state index contributed by atoms with van der Waals surface area (Å²) in [5.41, 5.74) is 4.56. The van der Waals surface area contributed by atoms with Crippen LogP contribution in [0.4, 0.5) is 4.39 Å². The number of fused-ring (bicyclic) bond motifs is 3. The van der Waals surface area contributed by atoms with E-state index in [-0.39, 0.29) is 5.91 Å². The van der Waals surface area contributed by atoms with E-state index in [2.05, 4.69) is 25.3 Å². The first kappa shape index (κ1) is 21.7. The lowest BCUT2D eigenvalue weighted by Crippen LogP contribution is -2.31. The molecule has 7 nitrogen and oxygen atoms in total. The second-order valence-corrected chi connectivity index (χ2v) is 8.32. The van der Waals surface area contributed by atoms with Gasteiger partial charge in [0.2, 0.25) is 0 Å². The highest BCUT2D eigenvalue weighted by Crippen LogP contribution is 2.36. The summed E-state index contributed by atoms with van der Waals surface area (Å²) in [6, 6.07) is 12.6. The zero-order valence-electron chi connectivity index (χ0n) is 18.8. The molecular formula is C26H23FN6O. The summed E-state index contributed by atoms with van der Waals surface area (Å²) in [4.78, 5) is 30.6. The van der Waals surface area contributed by atoms with Crippen LogP contribution in [0.5, 0.6) is 0 Å². The van der Waals surface area contributed by atoms with Crippen LogP contribution in [0.1, 0.15) is 10.4 Å². The molecule has 0 bridgehead atoms. The van der Waals surface area contributed by atoms with Gasteiger partial charge in [0.1, 0.15) is 11.5 Å². The maximum absolute atomic E-state index is 15.1. The summed E-state index contributed by atoms with van der Waals surface area (Å²) < 4.78 is 15.1. The quantitative estimate of drug-likeness (QED) is 0.400. The second kappa shape index (κ2) is 8.99. The van der Waals surface area contributed by atoms with Crippen molar-refractivity contribution in [2.45, 2.75) is 0 Å². The number of halogens is 1. The predicted octanol–water partition coefficient (Wildman–Crippen LogP) is 4.27. The lowest BCUT2D eigenvalue weighted by molar-refractivity contribution is 0.0951. The average molecular weight is 455 g/mol. The molecule has 0 unspecified atom stereocenters. The maximum atomic E-state index is 15.1. The Morgan fingerprint density at radius 3 is 2.62 bits per heavy atom. The summed E-state index contributed by atoms with van der Waals surface area (Å²) in [7, 11) is 3.90. The van der Waals surface area contributed by atoms with E-state index in [4.69, 9.17) is 0 Å². The summed E-state index contributed by atoms with van der Waals surface area (Å²) in [5, 5.41) is 4.38. The molecule has 2 N–H and O–H groups in total. The Morgan fingerprint density at radius 2 is 1.88 bits per heavy atom. The van der Waals surface area contributed by atoms with Gasteiger partial charge in [0, 0.05) is 52.9 Å². The molecule has 0 aliphatic heterocycles. The SMILES string of the molecule is CN(C)CCNC(=O)c1ccc(-c2c(F)cnc3[nH]c4cnc(-c5cccnc5)cc4c23)cc1. The van der Waals surface area contributed by atoms with Crippen LogP contribution in [0, 0.1) is 5.82 Å². The molecular weight excluding hydrogens is 431 g/mol. The number of hydrogen-bond donors (Lipinski definition) is 2. The van der Waals surface area contributed by atoms with Crippen LogP contribution in [0.15, 0.2) is 67.3 Å². The molecule has 0 fully saturated rings. The number of carbonyl (C=O) groups is 1. The lowest BCUT2D eigenvalue weighted by Gasteiger charge is -2.11. The summed E-state index contributed by atoms with van der Waals surface area (Å²) >= 11 is 0. The molecule has 0 saturated heterocycles. The standard InChI is InChI=1S/C26H23FN6O/c1-33(2)11-10-29-26(34)17-7-5-16(6-8-17)23-20(27)14-31-25-24(23)19-12-21(30-15-22(19)32-25)18-4-3-9-28-13-18/h3-9,12-15H,10-11H2,1-2H3,(H,29,34)(H,31,32). The molecule has 170 valence electrons. The number of nitrogens with one attached hydrogen (secondary N) is 2. The van der Waals surface area contributed by atoms with E-state index >= 15 is 4.39 Å². The summed E-state index contributed by atoms with van der Waals surface area (Å²) in [5.74, 6) is -0.593. The van der Waals surface area contributed by atoms with Gasteiger partial charge in [-0.05, 0) is 50.0 Å². The highest BCUT2D eigenvalue weighted by molar-refractivity contribution is 6.13. The first-order chi connectivity index (χ1) is 16.5. The van der Waals surface area contributed by atoms with Gasteiger partial charge in [0.25, 0.3) is 5.91 Å². The number of H-pyrrole nitrogens is 1. The number of nitrogens with zero attached hydrogens (tertiary/aromatic N) is 4. The third-order valence-electron chi connectivity index (χ3n) is 5.70. The zero-order valence-corrected chi connectivity index (χ0v) is 18.8. The van der Waals surface area contributed by atoms with Crippen LogP contribution in [0.3, 0.4) is 0 Å². The molecule has 4 heterocycles. The van der Waals surface area contributed by atoms with E-state index in [0.717, 1.165) is 28.7 Å². The van der Waals surface area contributed by atoms with Gasteiger partial charge in [0.05, 0.1) is 23.6 Å². The molecule has 0 saturated carbocycles. The molecule has 0 aliphatic carbocycles. The van der Waals surface area contributed by atoms with E-state index < -0.39 is 5.82 Å². The average Bonchev–Trinajstić information content (AvgIpc) is 3.22. The van der Waals surface area contributed by atoms with Crippen molar-refractivity contribution in [1.29, 1.82) is 0 Å². The number of amides is 1. The Morgan fingerprint density at radius 1 is 1.06 bits per heavy atom. The van der Waals surface area contributed by atoms with E-state index in [9.17, 15) is 4.79 Å². The number of benzene rings is 1. The molecule has 5 rings (SSSR count). The fraction of sp³-hybridized carbons (Fsp3) is 0.154. The second-order valence-electron chi connectivity index (χ2n) is 8.32. The van der Waals surface area contributed by atoms with Gasteiger partial charge in [-0.2, -0.15) is 0 Å². The normalized spacial score (nSPS) is 11.4. The minimum absolute atomic E-state index is 0.159. The van der Waals surface area contributed by atoms with Crippen molar-refractivity contribution < 1.29 is 9.18 Å². The highest BCUT2D eigenvalue weighted by atomic mass is 19.1. The van der Waals surface area contributed by atoms with Gasteiger partial charge in [-0.15, -0.1) is 0 Å². The van der Waals surface area contributed by atoms with Gasteiger partial charge < -0.3 is 15.2 Å². The first-order valence-corrected chi connectivity index (χ1v) is 10.9. The molecule has 1 aromatic carbocycles. The third-order valence-corrected chi connectivity index (χ3v) is 5.70. The van der Waals surface area contributed by atoms with Crippen molar-refractivity contribution in [1.82, 2.24) is 30.2 Å². The van der Waals surface area contributed by atoms with Gasteiger partial charge in [-0.1, -0.05) is 12.1 Å². The minimum Gasteiger partial charge on any atom is -0.351 e. The summed E-state index contributed by atoms with van der Waals surface area (Å²) in [6.45, 7) is 1.30. The predicted molar refractivity (Wildman–Crippen MR) is 131 cm³/mol. The van der Waals surface area contributed by atoms with Crippen LogP contribution in [-0.4, -0.2) is 57.9 Å². The molecule has 5 aromatic rings. The lowest BCUT2D eigenvalue weighted by atomic mass is 9.99. The maximum Gasteiger partial charge on any atom is 0.251 e. The van der Waals surface area contributed by atoms with E-state index in [0.29, 0.717) is 34.3 Å². The molecule has 0 spiro atoms. The van der Waals surface area contributed by atoms with Gasteiger partial charge in [0.15, 0.2) is 0 Å². The topological polar surface area (TPSA) is 86.8 Å². The van der Waals surface area contributed by atoms with Crippen LogP contribution >= 0.6 is 0 Å². The number of hydrogen-bond acceptors (Lipinski definition) is 5. The van der Waals surface area contributed by atoms with E-state index in [1.165, 1.54) is 6.20 Å². The van der Waals surface area contributed by atoms with Gasteiger partial charge in [-0.3, -0.25) is 14.8 Å². The largest absolute Gasteiger partial charge is 0.351 e. The fourth-order valence-corrected chi connectivity index (χ4v) is 3.97. The molecule has 4 aromatic heterocycles. The monoisotopic (exact) mass is 454 g/mol. The molecule has 0 atom stereocenters. The molecule has 8 heteroatoms.